The van der Waals surface area contributed by atoms with Crippen LogP contribution in [0.3, 0.4) is 0 Å². The Hall–Kier alpha value is -0.980. The van der Waals surface area contributed by atoms with Crippen LogP contribution in [0.25, 0.3) is 0 Å². The maximum absolute atomic E-state index is 13.5. The van der Waals surface area contributed by atoms with Crippen LogP contribution < -0.4 is 0 Å². The van der Waals surface area contributed by atoms with Gasteiger partial charge in [0.2, 0.25) is 0 Å². The van der Waals surface area contributed by atoms with Crippen molar-refractivity contribution < 1.29 is 19.0 Å². The van der Waals surface area contributed by atoms with Crippen LogP contribution in [0.2, 0.25) is 0 Å². The third-order valence-electron chi connectivity index (χ3n) is 2.90. The number of halogens is 2. The first kappa shape index (κ1) is 13.5. The predicted molar refractivity (Wildman–Crippen MR) is 66.9 cm³/mol. The molecule has 1 unspecified atom stereocenters. The Morgan fingerprint density at radius 2 is 2.11 bits per heavy atom. The van der Waals surface area contributed by atoms with Gasteiger partial charge < -0.3 is 9.84 Å². The second kappa shape index (κ2) is 5.77. The van der Waals surface area contributed by atoms with Crippen molar-refractivity contribution in [2.24, 2.45) is 0 Å². The summed E-state index contributed by atoms with van der Waals surface area (Å²) >= 11 is 3.06. The fourth-order valence-electron chi connectivity index (χ4n) is 2.03. The summed E-state index contributed by atoms with van der Waals surface area (Å²) in [6.45, 7) is 2.08. The van der Waals surface area contributed by atoms with Crippen molar-refractivity contribution in [1.82, 2.24) is 4.90 Å². The van der Waals surface area contributed by atoms with Crippen LogP contribution >= 0.6 is 15.9 Å². The molecule has 0 aromatic heterocycles. The molecule has 1 saturated heterocycles. The summed E-state index contributed by atoms with van der Waals surface area (Å²) < 4.78 is 19.0. The molecule has 1 aromatic rings. The van der Waals surface area contributed by atoms with Gasteiger partial charge in [0.05, 0.1) is 17.7 Å². The molecule has 2 rings (SSSR count). The molecule has 0 spiro atoms. The van der Waals surface area contributed by atoms with E-state index in [1.807, 2.05) is 0 Å². The summed E-state index contributed by atoms with van der Waals surface area (Å²) in [6, 6.07) is 3.59. The number of carbonyl (C=O) groups is 1. The van der Waals surface area contributed by atoms with Gasteiger partial charge in [-0.2, -0.15) is 0 Å². The van der Waals surface area contributed by atoms with Crippen molar-refractivity contribution in [3.05, 3.63) is 34.1 Å². The number of hydrogen-bond acceptors (Lipinski definition) is 3. The highest BCUT2D eigenvalue weighted by atomic mass is 79.9. The lowest BCUT2D eigenvalue weighted by atomic mass is 10.0. The Labute approximate surface area is 112 Å². The van der Waals surface area contributed by atoms with Crippen LogP contribution in [-0.2, 0) is 9.53 Å². The van der Waals surface area contributed by atoms with Gasteiger partial charge in [0, 0.05) is 13.1 Å². The van der Waals surface area contributed by atoms with Crippen molar-refractivity contribution in [2.45, 2.75) is 6.04 Å². The minimum atomic E-state index is -0.973. The molecule has 1 N–H and O–H groups in total. The lowest BCUT2D eigenvalue weighted by molar-refractivity contribution is -0.145. The molecule has 0 aliphatic carbocycles. The van der Waals surface area contributed by atoms with Crippen molar-refractivity contribution in [3.63, 3.8) is 0 Å². The summed E-state index contributed by atoms with van der Waals surface area (Å²) in [5.74, 6) is -1.43. The molecule has 18 heavy (non-hydrogen) atoms. The van der Waals surface area contributed by atoms with E-state index in [9.17, 15) is 14.3 Å². The SMILES string of the molecule is O=C(O)C(c1ccc(Br)c(F)c1)N1CCOCC1. The average Bonchev–Trinajstić information content (AvgIpc) is 2.35. The Morgan fingerprint density at radius 3 is 2.67 bits per heavy atom. The molecule has 1 aliphatic heterocycles. The van der Waals surface area contributed by atoms with Crippen molar-refractivity contribution in [3.8, 4) is 0 Å². The van der Waals surface area contributed by atoms with Gasteiger partial charge in [-0.3, -0.25) is 9.69 Å². The minimum absolute atomic E-state index is 0.331. The highest BCUT2D eigenvalue weighted by Gasteiger charge is 2.29. The summed E-state index contributed by atoms with van der Waals surface area (Å²) in [5, 5.41) is 9.32. The zero-order valence-corrected chi connectivity index (χ0v) is 11.2. The largest absolute Gasteiger partial charge is 0.480 e. The summed E-state index contributed by atoms with van der Waals surface area (Å²) in [6.07, 6.45) is 0. The van der Waals surface area contributed by atoms with Gasteiger partial charge >= 0.3 is 5.97 Å². The van der Waals surface area contributed by atoms with Gasteiger partial charge in [-0.1, -0.05) is 6.07 Å². The van der Waals surface area contributed by atoms with Gasteiger partial charge in [-0.15, -0.1) is 0 Å². The quantitative estimate of drug-likeness (QED) is 0.927. The molecular formula is C12H13BrFNO3. The fraction of sp³-hybridized carbons (Fsp3) is 0.417. The van der Waals surface area contributed by atoms with Gasteiger partial charge in [0.15, 0.2) is 0 Å². The first-order valence-electron chi connectivity index (χ1n) is 5.59. The molecule has 1 atom stereocenters. The highest BCUT2D eigenvalue weighted by molar-refractivity contribution is 9.10. The number of carboxylic acids is 1. The molecule has 98 valence electrons. The van der Waals surface area contributed by atoms with Crippen LogP contribution in [0.15, 0.2) is 22.7 Å². The first-order valence-corrected chi connectivity index (χ1v) is 6.38. The van der Waals surface area contributed by atoms with Crippen molar-refractivity contribution in [2.75, 3.05) is 26.3 Å². The number of carboxylic acid groups (broad SMARTS) is 1. The smallest absolute Gasteiger partial charge is 0.325 e. The third-order valence-corrected chi connectivity index (χ3v) is 3.55. The van der Waals surface area contributed by atoms with E-state index in [4.69, 9.17) is 4.74 Å². The summed E-state index contributed by atoms with van der Waals surface area (Å²) in [7, 11) is 0. The van der Waals surface area contributed by atoms with Crippen molar-refractivity contribution in [1.29, 1.82) is 0 Å². The van der Waals surface area contributed by atoms with E-state index < -0.39 is 17.8 Å². The molecule has 1 aliphatic rings. The van der Waals surface area contributed by atoms with Crippen molar-refractivity contribution >= 4 is 21.9 Å². The molecule has 1 fully saturated rings. The van der Waals surface area contributed by atoms with Gasteiger partial charge in [-0.05, 0) is 33.6 Å². The lowest BCUT2D eigenvalue weighted by Crippen LogP contribution is -2.42. The Bertz CT molecular complexity index is 449. The number of benzene rings is 1. The predicted octanol–water partition coefficient (Wildman–Crippen LogP) is 2.05. The highest BCUT2D eigenvalue weighted by Crippen LogP contribution is 2.25. The second-order valence-corrected chi connectivity index (χ2v) is 4.92. The molecule has 0 bridgehead atoms. The number of nitrogens with zero attached hydrogens (tertiary/aromatic N) is 1. The topological polar surface area (TPSA) is 49.8 Å². The summed E-state index contributed by atoms with van der Waals surface area (Å²) in [5.41, 5.74) is 0.449. The van der Waals surface area contributed by atoms with Gasteiger partial charge in [-0.25, -0.2) is 4.39 Å². The van der Waals surface area contributed by atoms with E-state index in [1.165, 1.54) is 12.1 Å². The molecule has 0 radical (unpaired) electrons. The van der Waals surface area contributed by atoms with E-state index in [1.54, 1.807) is 11.0 Å². The van der Waals surface area contributed by atoms with Crippen LogP contribution in [-0.4, -0.2) is 42.3 Å². The zero-order valence-electron chi connectivity index (χ0n) is 9.60. The Balaban J connectivity index is 2.28. The number of ether oxygens (including phenoxy) is 1. The van der Waals surface area contributed by atoms with Crippen LogP contribution in [0.4, 0.5) is 4.39 Å². The standard InChI is InChI=1S/C12H13BrFNO3/c13-9-2-1-8(7-10(9)14)11(12(16)17)15-3-5-18-6-4-15/h1-2,7,11H,3-6H2,(H,16,17). The Kier molecular flexibility index (Phi) is 4.31. The number of hydrogen-bond donors (Lipinski definition) is 1. The molecule has 0 amide bonds. The molecular weight excluding hydrogens is 305 g/mol. The average molecular weight is 318 g/mol. The third kappa shape index (κ3) is 2.88. The van der Waals surface area contributed by atoms with E-state index >= 15 is 0 Å². The molecule has 0 saturated carbocycles. The van der Waals surface area contributed by atoms with E-state index in [2.05, 4.69) is 15.9 Å². The molecule has 1 heterocycles. The van der Waals surface area contributed by atoms with E-state index in [0.29, 0.717) is 36.3 Å². The molecule has 4 nitrogen and oxygen atoms in total. The molecule has 1 aromatic carbocycles. The monoisotopic (exact) mass is 317 g/mol. The van der Waals surface area contributed by atoms with E-state index in [-0.39, 0.29) is 0 Å². The number of rotatable bonds is 3. The van der Waals surface area contributed by atoms with Crippen LogP contribution in [0.1, 0.15) is 11.6 Å². The maximum atomic E-state index is 13.5. The first-order chi connectivity index (χ1) is 8.59. The maximum Gasteiger partial charge on any atom is 0.325 e. The van der Waals surface area contributed by atoms with E-state index in [0.717, 1.165) is 0 Å². The number of morpholine rings is 1. The second-order valence-electron chi connectivity index (χ2n) is 4.06. The fourth-order valence-corrected chi connectivity index (χ4v) is 2.27. The minimum Gasteiger partial charge on any atom is -0.480 e. The zero-order chi connectivity index (χ0) is 13.1. The lowest BCUT2D eigenvalue weighted by Gasteiger charge is -2.32. The van der Waals surface area contributed by atoms with Crippen LogP contribution in [0, 0.1) is 5.82 Å². The van der Waals surface area contributed by atoms with Gasteiger partial charge in [0.1, 0.15) is 11.9 Å². The normalized spacial score (nSPS) is 18.6. The summed E-state index contributed by atoms with van der Waals surface area (Å²) in [4.78, 5) is 13.2. The van der Waals surface area contributed by atoms with Crippen LogP contribution in [0.5, 0.6) is 0 Å². The van der Waals surface area contributed by atoms with Gasteiger partial charge in [0.25, 0.3) is 0 Å². The number of aliphatic carboxylic acids is 1. The molecule has 6 heteroatoms. The Morgan fingerprint density at radius 1 is 1.44 bits per heavy atom.